The van der Waals surface area contributed by atoms with Gasteiger partial charge >= 0.3 is 23.9 Å². The first-order valence-corrected chi connectivity index (χ1v) is 26.1. The van der Waals surface area contributed by atoms with Gasteiger partial charge in [-0.2, -0.15) is 0 Å². The van der Waals surface area contributed by atoms with E-state index in [4.69, 9.17) is 28.4 Å². The molecule has 1 heterocycles. The van der Waals surface area contributed by atoms with E-state index in [9.17, 15) is 19.2 Å². The van der Waals surface area contributed by atoms with Gasteiger partial charge in [-0.25, -0.2) is 0 Å². The van der Waals surface area contributed by atoms with Crippen molar-refractivity contribution in [2.45, 2.75) is 228 Å². The van der Waals surface area contributed by atoms with E-state index >= 15 is 0 Å². The zero-order valence-electron chi connectivity index (χ0n) is 41.8. The number of carbonyl (C=O) groups is 4. The number of unbranched alkanes of at least 4 members (excludes halogenated alkanes) is 11. The molecular formula is C52H97NO10. The van der Waals surface area contributed by atoms with Crippen LogP contribution in [0.2, 0.25) is 0 Å². The Balaban J connectivity index is 2.56. The summed E-state index contributed by atoms with van der Waals surface area (Å²) in [4.78, 5) is 53.2. The first kappa shape index (κ1) is 58.8. The van der Waals surface area contributed by atoms with Gasteiger partial charge in [-0.1, -0.05) is 118 Å². The highest BCUT2D eigenvalue weighted by atomic mass is 16.7. The number of esters is 4. The quantitative estimate of drug-likeness (QED) is 0.0251. The lowest BCUT2D eigenvalue weighted by atomic mass is 9.80. The SMILES string of the molecule is CCCCCCCCOC(=O)CCCCCCCCC(=O)OCC(COC(=O)CCCCC(OCC(CCC)CCC)OCC(CCC)CCC)COC(=O)C1(C)CCN(C)CC1. The monoisotopic (exact) mass is 896 g/mol. The molecule has 0 N–H and O–H groups in total. The second-order valence-corrected chi connectivity index (χ2v) is 19.0. The van der Waals surface area contributed by atoms with Gasteiger partial charge in [-0.05, 0) is 116 Å². The van der Waals surface area contributed by atoms with Gasteiger partial charge in [0.2, 0.25) is 0 Å². The summed E-state index contributed by atoms with van der Waals surface area (Å²) in [5, 5.41) is 0. The molecule has 0 aromatic rings. The van der Waals surface area contributed by atoms with Crippen LogP contribution in [0.15, 0.2) is 0 Å². The first-order chi connectivity index (χ1) is 30.5. The van der Waals surface area contributed by atoms with Gasteiger partial charge in [-0.15, -0.1) is 0 Å². The van der Waals surface area contributed by atoms with Crippen molar-refractivity contribution >= 4 is 23.9 Å². The molecule has 0 bridgehead atoms. The number of carbonyl (C=O) groups excluding carboxylic acids is 4. The van der Waals surface area contributed by atoms with E-state index in [-0.39, 0.29) is 56.4 Å². The number of likely N-dealkylation sites (tertiary alicyclic amines) is 1. The normalized spacial score (nSPS) is 14.6. The number of nitrogens with zero attached hydrogens (tertiary/aromatic N) is 1. The molecule has 370 valence electrons. The molecule has 11 heteroatoms. The summed E-state index contributed by atoms with van der Waals surface area (Å²) in [6.45, 7) is 16.7. The van der Waals surface area contributed by atoms with E-state index in [1.54, 1.807) is 0 Å². The molecule has 1 aliphatic rings. The average molecular weight is 896 g/mol. The largest absolute Gasteiger partial charge is 0.466 e. The van der Waals surface area contributed by atoms with Crippen LogP contribution in [-0.4, -0.2) is 94.8 Å². The third-order valence-corrected chi connectivity index (χ3v) is 12.7. The maximum atomic E-state index is 13.2. The van der Waals surface area contributed by atoms with Gasteiger partial charge in [0.15, 0.2) is 6.29 Å². The van der Waals surface area contributed by atoms with Gasteiger partial charge < -0.3 is 33.3 Å². The molecule has 0 aromatic heterocycles. The molecule has 63 heavy (non-hydrogen) atoms. The first-order valence-electron chi connectivity index (χ1n) is 26.1. The van der Waals surface area contributed by atoms with Crippen LogP contribution in [-0.2, 0) is 47.6 Å². The summed E-state index contributed by atoms with van der Waals surface area (Å²) < 4.78 is 35.3. The van der Waals surface area contributed by atoms with Crippen molar-refractivity contribution in [2.24, 2.45) is 23.2 Å². The zero-order valence-corrected chi connectivity index (χ0v) is 41.8. The summed E-state index contributed by atoms with van der Waals surface area (Å²) in [5.41, 5.74) is -0.563. The Morgan fingerprint density at radius 1 is 0.460 bits per heavy atom. The summed E-state index contributed by atoms with van der Waals surface area (Å²) in [6, 6.07) is 0. The van der Waals surface area contributed by atoms with E-state index in [0.717, 1.165) is 135 Å². The standard InChI is InChI=1S/C52H97NO10/c1-8-13-14-15-20-25-38-58-47(54)30-21-18-16-17-19-22-31-48(55)59-41-46(43-63-51(57)52(6)34-36-53(7)37-35-52)42-60-49(56)32-23-24-33-50(61-39-44(26-9-2)27-10-3)62-40-45(28-11-4)29-12-5/h44-46,50H,8-43H2,1-7H3. The topological polar surface area (TPSA) is 127 Å². The Bertz CT molecular complexity index is 1110. The maximum Gasteiger partial charge on any atom is 0.311 e. The van der Waals surface area contributed by atoms with Crippen molar-refractivity contribution in [1.29, 1.82) is 0 Å². The molecule has 1 unspecified atom stereocenters. The molecular weight excluding hydrogens is 799 g/mol. The fourth-order valence-electron chi connectivity index (χ4n) is 8.32. The van der Waals surface area contributed by atoms with Crippen molar-refractivity contribution < 1.29 is 47.6 Å². The molecule has 1 aliphatic heterocycles. The Morgan fingerprint density at radius 3 is 1.35 bits per heavy atom. The minimum Gasteiger partial charge on any atom is -0.466 e. The van der Waals surface area contributed by atoms with Crippen molar-refractivity contribution in [3.05, 3.63) is 0 Å². The number of piperidine rings is 1. The number of rotatable bonds is 42. The van der Waals surface area contributed by atoms with Gasteiger partial charge in [0.1, 0.15) is 19.8 Å². The van der Waals surface area contributed by atoms with Crippen molar-refractivity contribution in [3.63, 3.8) is 0 Å². The predicted octanol–water partition coefficient (Wildman–Crippen LogP) is 12.3. The highest BCUT2D eigenvalue weighted by Crippen LogP contribution is 2.32. The number of ether oxygens (including phenoxy) is 6. The minimum absolute atomic E-state index is 0.00672. The van der Waals surface area contributed by atoms with Crippen LogP contribution in [0.3, 0.4) is 0 Å². The Hall–Kier alpha value is -2.24. The number of hydrogen-bond acceptors (Lipinski definition) is 11. The van der Waals surface area contributed by atoms with Crippen LogP contribution in [0.4, 0.5) is 0 Å². The van der Waals surface area contributed by atoms with E-state index < -0.39 is 11.3 Å². The van der Waals surface area contributed by atoms with E-state index in [1.807, 2.05) is 6.92 Å². The van der Waals surface area contributed by atoms with Crippen LogP contribution < -0.4 is 0 Å². The fourth-order valence-corrected chi connectivity index (χ4v) is 8.32. The molecule has 0 saturated carbocycles. The Labute approximate surface area is 385 Å². The predicted molar refractivity (Wildman–Crippen MR) is 253 cm³/mol. The molecule has 1 atom stereocenters. The van der Waals surface area contributed by atoms with Gasteiger partial charge in [0.05, 0.1) is 31.2 Å². The van der Waals surface area contributed by atoms with E-state index in [1.165, 1.54) is 25.7 Å². The molecule has 0 aliphatic carbocycles. The highest BCUT2D eigenvalue weighted by molar-refractivity contribution is 5.76. The summed E-state index contributed by atoms with van der Waals surface area (Å²) in [7, 11) is 2.05. The molecule has 0 radical (unpaired) electrons. The lowest BCUT2D eigenvalue weighted by Gasteiger charge is -2.36. The van der Waals surface area contributed by atoms with Crippen LogP contribution in [0.5, 0.6) is 0 Å². The van der Waals surface area contributed by atoms with Crippen molar-refractivity contribution in [2.75, 3.05) is 59.8 Å². The van der Waals surface area contributed by atoms with Crippen LogP contribution >= 0.6 is 0 Å². The number of hydrogen-bond donors (Lipinski definition) is 0. The lowest BCUT2D eigenvalue weighted by Crippen LogP contribution is -2.42. The van der Waals surface area contributed by atoms with Gasteiger partial charge in [-0.3, -0.25) is 19.2 Å². The third-order valence-electron chi connectivity index (χ3n) is 12.7. The second-order valence-electron chi connectivity index (χ2n) is 19.0. The minimum atomic E-state index is -0.563. The lowest BCUT2D eigenvalue weighted by molar-refractivity contribution is -0.164. The van der Waals surface area contributed by atoms with Crippen LogP contribution in [0, 0.1) is 23.2 Å². The van der Waals surface area contributed by atoms with Gasteiger partial charge in [0, 0.05) is 19.3 Å². The average Bonchev–Trinajstić information content (AvgIpc) is 3.27. The zero-order chi connectivity index (χ0) is 46.4. The van der Waals surface area contributed by atoms with Crippen molar-refractivity contribution in [3.8, 4) is 0 Å². The molecule has 0 amide bonds. The van der Waals surface area contributed by atoms with E-state index in [0.29, 0.717) is 57.3 Å². The maximum absolute atomic E-state index is 13.2. The smallest absolute Gasteiger partial charge is 0.311 e. The Morgan fingerprint density at radius 2 is 0.873 bits per heavy atom. The third kappa shape index (κ3) is 31.3. The Kier molecular flexibility index (Phi) is 36.4. The summed E-state index contributed by atoms with van der Waals surface area (Å²) in [5.74, 6) is -0.372. The van der Waals surface area contributed by atoms with Crippen LogP contribution in [0.25, 0.3) is 0 Å². The molecule has 1 fully saturated rings. The molecule has 11 nitrogen and oxygen atoms in total. The molecule has 0 aromatic carbocycles. The fraction of sp³-hybridized carbons (Fsp3) is 0.923. The molecule has 1 rings (SSSR count). The molecule has 0 spiro atoms. The summed E-state index contributed by atoms with van der Waals surface area (Å²) >= 11 is 0. The van der Waals surface area contributed by atoms with E-state index in [2.05, 4.69) is 46.6 Å². The summed E-state index contributed by atoms with van der Waals surface area (Å²) in [6.07, 6.45) is 26.0. The molecule has 1 saturated heterocycles. The second kappa shape index (κ2) is 39.0. The highest BCUT2D eigenvalue weighted by Gasteiger charge is 2.38. The van der Waals surface area contributed by atoms with Crippen molar-refractivity contribution in [1.82, 2.24) is 4.90 Å². The van der Waals surface area contributed by atoms with Crippen LogP contribution in [0.1, 0.15) is 221 Å². The van der Waals surface area contributed by atoms with Gasteiger partial charge in [0.25, 0.3) is 0 Å².